The zero-order valence-corrected chi connectivity index (χ0v) is 9.75. The molecule has 3 rings (SSSR count). The van der Waals surface area contributed by atoms with E-state index in [1.54, 1.807) is 0 Å². The smallest absolute Gasteiger partial charge is 0.286 e. The number of aromatic nitrogens is 4. The third kappa shape index (κ3) is 1.88. The van der Waals surface area contributed by atoms with Crippen molar-refractivity contribution >= 4 is 22.8 Å². The van der Waals surface area contributed by atoms with Gasteiger partial charge in [-0.1, -0.05) is 11.8 Å². The summed E-state index contributed by atoms with van der Waals surface area (Å²) in [5.74, 6) is 0.747. The Labute approximate surface area is 103 Å². The van der Waals surface area contributed by atoms with Crippen LogP contribution in [-0.2, 0) is 13.1 Å². The van der Waals surface area contributed by atoms with Crippen molar-refractivity contribution in [3.8, 4) is 0 Å². The minimum atomic E-state index is -4.37. The van der Waals surface area contributed by atoms with Crippen LogP contribution in [0.25, 0.3) is 11.0 Å². The lowest BCUT2D eigenvalue weighted by Crippen LogP contribution is -2.19. The van der Waals surface area contributed by atoms with Crippen LogP contribution in [0, 0.1) is 0 Å². The van der Waals surface area contributed by atoms with Gasteiger partial charge >= 0.3 is 6.18 Å². The van der Waals surface area contributed by atoms with E-state index in [2.05, 4.69) is 10.1 Å². The average molecular weight is 276 g/mol. The summed E-state index contributed by atoms with van der Waals surface area (Å²) < 4.78 is 38.9. The first-order valence-electron chi connectivity index (χ1n) is 5.11. The molecule has 0 bridgehead atoms. The second kappa shape index (κ2) is 3.74. The molecule has 0 saturated carbocycles. The quantitative estimate of drug-likeness (QED) is 0.736. The highest BCUT2D eigenvalue weighted by Crippen LogP contribution is 2.23. The van der Waals surface area contributed by atoms with Crippen LogP contribution in [0.3, 0.4) is 0 Å². The number of rotatable bonds is 1. The molecular weight excluding hydrogens is 269 g/mol. The molecule has 3 heterocycles. The minimum Gasteiger partial charge on any atom is -0.286 e. The van der Waals surface area contributed by atoms with E-state index in [0.29, 0.717) is 16.4 Å². The Morgan fingerprint density at radius 1 is 1.44 bits per heavy atom. The third-order valence-corrected chi connectivity index (χ3v) is 3.49. The molecule has 1 aliphatic rings. The SMILES string of the molecule is O=c1c2cn(CC(F)(F)F)nc2nc2n1CCS2. The van der Waals surface area contributed by atoms with Crippen molar-refractivity contribution < 1.29 is 13.2 Å². The topological polar surface area (TPSA) is 52.7 Å². The first kappa shape index (κ1) is 11.6. The Hall–Kier alpha value is -1.51. The van der Waals surface area contributed by atoms with Crippen molar-refractivity contribution in [2.24, 2.45) is 0 Å². The van der Waals surface area contributed by atoms with Crippen molar-refractivity contribution in [2.45, 2.75) is 24.4 Å². The molecular formula is C9H7F3N4OS. The van der Waals surface area contributed by atoms with Crippen molar-refractivity contribution in [3.63, 3.8) is 0 Å². The van der Waals surface area contributed by atoms with E-state index >= 15 is 0 Å². The Balaban J connectivity index is 2.14. The lowest BCUT2D eigenvalue weighted by Gasteiger charge is -2.04. The summed E-state index contributed by atoms with van der Waals surface area (Å²) in [5.41, 5.74) is -0.252. The molecule has 0 radical (unpaired) electrons. The van der Waals surface area contributed by atoms with Gasteiger partial charge in [0, 0.05) is 18.5 Å². The third-order valence-electron chi connectivity index (χ3n) is 2.54. The summed E-state index contributed by atoms with van der Waals surface area (Å²) in [7, 11) is 0. The zero-order valence-electron chi connectivity index (χ0n) is 8.94. The molecule has 0 N–H and O–H groups in total. The predicted molar refractivity (Wildman–Crippen MR) is 58.6 cm³/mol. The predicted octanol–water partition coefficient (Wildman–Crippen LogP) is 1.26. The summed E-state index contributed by atoms with van der Waals surface area (Å²) in [6.07, 6.45) is -3.26. The Kier molecular flexibility index (Phi) is 2.40. The molecule has 0 saturated heterocycles. The van der Waals surface area contributed by atoms with Gasteiger partial charge in [-0.2, -0.15) is 18.3 Å². The lowest BCUT2D eigenvalue weighted by molar-refractivity contribution is -0.142. The van der Waals surface area contributed by atoms with Gasteiger partial charge in [0.1, 0.15) is 11.9 Å². The molecule has 5 nitrogen and oxygen atoms in total. The van der Waals surface area contributed by atoms with Gasteiger partial charge in [0.15, 0.2) is 10.8 Å². The van der Waals surface area contributed by atoms with E-state index in [4.69, 9.17) is 0 Å². The van der Waals surface area contributed by atoms with E-state index in [-0.39, 0.29) is 16.6 Å². The van der Waals surface area contributed by atoms with Crippen molar-refractivity contribution in [1.29, 1.82) is 0 Å². The average Bonchev–Trinajstić information content (AvgIpc) is 2.82. The number of thioether (sulfide) groups is 1. The number of hydrogen-bond donors (Lipinski definition) is 0. The van der Waals surface area contributed by atoms with Gasteiger partial charge in [0.2, 0.25) is 0 Å². The monoisotopic (exact) mass is 276 g/mol. The second-order valence-electron chi connectivity index (χ2n) is 3.88. The van der Waals surface area contributed by atoms with E-state index < -0.39 is 12.7 Å². The highest BCUT2D eigenvalue weighted by atomic mass is 32.2. The molecule has 0 spiro atoms. The molecule has 1 aliphatic heterocycles. The molecule has 0 aromatic carbocycles. The van der Waals surface area contributed by atoms with Gasteiger partial charge in [-0.05, 0) is 0 Å². The number of nitrogens with zero attached hydrogens (tertiary/aromatic N) is 4. The van der Waals surface area contributed by atoms with E-state index in [0.717, 1.165) is 11.9 Å². The van der Waals surface area contributed by atoms with Crippen LogP contribution in [0.15, 0.2) is 16.1 Å². The van der Waals surface area contributed by atoms with Gasteiger partial charge in [-0.15, -0.1) is 0 Å². The normalized spacial score (nSPS) is 15.3. The molecule has 18 heavy (non-hydrogen) atoms. The van der Waals surface area contributed by atoms with Gasteiger partial charge in [0.05, 0.1) is 0 Å². The van der Waals surface area contributed by atoms with Crippen molar-refractivity contribution in [1.82, 2.24) is 19.3 Å². The number of fused-ring (bicyclic) bond motifs is 2. The van der Waals surface area contributed by atoms with Crippen LogP contribution in [0.1, 0.15) is 0 Å². The largest absolute Gasteiger partial charge is 0.408 e. The number of hydrogen-bond acceptors (Lipinski definition) is 4. The standard InChI is InChI=1S/C9H7F3N4OS/c10-9(11,12)4-15-3-5-6(14-15)13-8-16(7(5)17)1-2-18-8/h3H,1-2,4H2. The Morgan fingerprint density at radius 3 is 2.94 bits per heavy atom. The Morgan fingerprint density at radius 2 is 2.22 bits per heavy atom. The van der Waals surface area contributed by atoms with Crippen LogP contribution >= 0.6 is 11.8 Å². The van der Waals surface area contributed by atoms with E-state index in [9.17, 15) is 18.0 Å². The minimum absolute atomic E-state index is 0.0740. The summed E-state index contributed by atoms with van der Waals surface area (Å²) in [6.45, 7) is -0.683. The van der Waals surface area contributed by atoms with Gasteiger partial charge < -0.3 is 0 Å². The van der Waals surface area contributed by atoms with Crippen LogP contribution < -0.4 is 5.56 Å². The number of halogens is 3. The van der Waals surface area contributed by atoms with E-state index in [1.807, 2.05) is 0 Å². The highest BCUT2D eigenvalue weighted by molar-refractivity contribution is 7.99. The maximum atomic E-state index is 12.2. The van der Waals surface area contributed by atoms with Crippen LogP contribution in [-0.4, -0.2) is 31.3 Å². The van der Waals surface area contributed by atoms with Gasteiger partial charge in [0.25, 0.3) is 5.56 Å². The van der Waals surface area contributed by atoms with Crippen LogP contribution in [0.4, 0.5) is 13.2 Å². The van der Waals surface area contributed by atoms with Gasteiger partial charge in [-0.25, -0.2) is 4.98 Å². The molecule has 0 unspecified atom stereocenters. The fourth-order valence-corrected chi connectivity index (χ4v) is 2.77. The maximum absolute atomic E-state index is 12.2. The second-order valence-corrected chi connectivity index (χ2v) is 4.94. The zero-order chi connectivity index (χ0) is 12.9. The fraction of sp³-hybridized carbons (Fsp3) is 0.444. The summed E-state index contributed by atoms with van der Waals surface area (Å²) in [4.78, 5) is 16.1. The summed E-state index contributed by atoms with van der Waals surface area (Å²) >= 11 is 1.40. The summed E-state index contributed by atoms with van der Waals surface area (Å²) in [6, 6.07) is 0. The molecule has 2 aromatic rings. The molecule has 0 fully saturated rings. The molecule has 0 atom stereocenters. The van der Waals surface area contributed by atoms with Gasteiger partial charge in [-0.3, -0.25) is 14.0 Å². The first-order chi connectivity index (χ1) is 8.44. The molecule has 0 aliphatic carbocycles. The van der Waals surface area contributed by atoms with Crippen molar-refractivity contribution in [2.75, 3.05) is 5.75 Å². The van der Waals surface area contributed by atoms with E-state index in [1.165, 1.54) is 16.3 Å². The number of alkyl halides is 3. The fourth-order valence-electron chi connectivity index (χ4n) is 1.83. The molecule has 9 heteroatoms. The highest BCUT2D eigenvalue weighted by Gasteiger charge is 2.29. The first-order valence-corrected chi connectivity index (χ1v) is 6.10. The lowest BCUT2D eigenvalue weighted by atomic mass is 10.4. The van der Waals surface area contributed by atoms with Crippen LogP contribution in [0.2, 0.25) is 0 Å². The Bertz CT molecular complexity index is 675. The molecule has 96 valence electrons. The summed E-state index contributed by atoms with van der Waals surface area (Å²) in [5, 5.41) is 4.34. The van der Waals surface area contributed by atoms with Crippen LogP contribution in [0.5, 0.6) is 0 Å². The van der Waals surface area contributed by atoms with Crippen molar-refractivity contribution in [3.05, 3.63) is 16.6 Å². The maximum Gasteiger partial charge on any atom is 0.408 e. The molecule has 0 amide bonds. The molecule has 2 aromatic heterocycles.